The number of likely N-dealkylation sites (tertiary alicyclic amines) is 1. The zero-order valence-corrected chi connectivity index (χ0v) is 41.7. The lowest BCUT2D eigenvalue weighted by atomic mass is 9.40. The van der Waals surface area contributed by atoms with E-state index >= 15 is 0 Å². The van der Waals surface area contributed by atoms with Gasteiger partial charge in [0.05, 0.1) is 11.6 Å². The lowest BCUT2D eigenvalue weighted by molar-refractivity contribution is -0.186. The highest BCUT2D eigenvalue weighted by Crippen LogP contribution is 2.71. The predicted molar refractivity (Wildman–Crippen MR) is 263 cm³/mol. The number of piperidine rings is 1. The summed E-state index contributed by atoms with van der Waals surface area (Å²) in [6.45, 7) is 9.13. The molecular weight excluding hydrogens is 767 g/mol. The Balaban J connectivity index is 0.830. The van der Waals surface area contributed by atoms with Crippen LogP contribution in [0.3, 0.4) is 0 Å². The normalized spacial score (nSPS) is 47.8. The summed E-state index contributed by atoms with van der Waals surface area (Å²) in [5.41, 5.74) is 2.27. The summed E-state index contributed by atoms with van der Waals surface area (Å²) in [6.07, 6.45) is 52.7. The van der Waals surface area contributed by atoms with Crippen molar-refractivity contribution in [2.24, 2.45) is 74.6 Å². The van der Waals surface area contributed by atoms with E-state index in [1.807, 2.05) is 0 Å². The molecule has 10 atom stereocenters. The fourth-order valence-corrected chi connectivity index (χ4v) is 20.4. The van der Waals surface area contributed by atoms with Gasteiger partial charge in [-0.15, -0.1) is 0 Å². The molecule has 11 aliphatic rings. The highest BCUT2D eigenvalue weighted by Gasteiger charge is 2.67. The molecule has 11 rings (SSSR count). The highest BCUT2D eigenvalue weighted by atomic mass is 16.3. The van der Waals surface area contributed by atoms with Crippen LogP contribution in [0.5, 0.6) is 0 Å². The third-order valence-corrected chi connectivity index (χ3v) is 24.5. The van der Waals surface area contributed by atoms with Gasteiger partial charge in [0.1, 0.15) is 0 Å². The van der Waals surface area contributed by atoms with E-state index < -0.39 is 5.60 Å². The summed E-state index contributed by atoms with van der Waals surface area (Å²) in [5, 5.41) is 22.3. The molecule has 0 aromatic rings. The van der Waals surface area contributed by atoms with Crippen molar-refractivity contribution >= 4 is 5.71 Å². The van der Waals surface area contributed by atoms with Crippen LogP contribution >= 0.6 is 0 Å². The van der Waals surface area contributed by atoms with Crippen LogP contribution in [0.1, 0.15) is 258 Å². The third kappa shape index (κ3) is 8.11. The second kappa shape index (κ2) is 18.4. The Hall–Kier alpha value is -0.610. The zero-order valence-electron chi connectivity index (χ0n) is 41.7. The van der Waals surface area contributed by atoms with E-state index in [-0.39, 0.29) is 5.41 Å². The van der Waals surface area contributed by atoms with Crippen LogP contribution in [0.25, 0.3) is 0 Å². The third-order valence-electron chi connectivity index (χ3n) is 24.5. The summed E-state index contributed by atoms with van der Waals surface area (Å²) in [5.74, 6) is 7.65. The molecule has 0 amide bonds. The predicted octanol–water partition coefficient (Wildman–Crippen LogP) is 15.3. The first kappa shape index (κ1) is 44.9. The summed E-state index contributed by atoms with van der Waals surface area (Å²) >= 11 is 0. The van der Waals surface area contributed by atoms with Gasteiger partial charge < -0.3 is 5.11 Å². The van der Waals surface area contributed by atoms with Gasteiger partial charge in [-0.3, -0.25) is 9.91 Å². The second-order valence-corrected chi connectivity index (χ2v) is 27.0. The average Bonchev–Trinajstić information content (AvgIpc) is 3.89. The molecule has 63 heavy (non-hydrogen) atoms. The molecule has 1 saturated heterocycles. The second-order valence-electron chi connectivity index (χ2n) is 27.0. The molecule has 0 aromatic heterocycles. The SMILES string of the molecule is CC12CCCCC1(C)C1CCC3(C)C(CCC3(O)CN3C(C4CCCCC4)CC(C4CCC(N5N=C(C6CCCCC6)CC5C5CCCCC5)CC4)CC3C3CCCCC3)C1CC2. The van der Waals surface area contributed by atoms with E-state index in [1.54, 1.807) is 5.71 Å². The first-order chi connectivity index (χ1) is 30.7. The maximum atomic E-state index is 13.7. The van der Waals surface area contributed by atoms with Crippen LogP contribution < -0.4 is 0 Å². The number of nitrogens with zero attached hydrogens (tertiary/aromatic N) is 3. The van der Waals surface area contributed by atoms with Gasteiger partial charge in [-0.25, -0.2) is 0 Å². The standard InChI is InChI=1S/C59H99N3O/c1-56-33-16-17-34-57(56,2)50-31-36-58(3)51(49(50)30-35-56)32-37-59(58,63)41-61-53(44-20-10-5-11-21-44)38-47(39-54(61)45-22-12-6-13-23-45)42-26-28-48(29-27-42)62-55(46-24-14-7-15-25-46)40-52(60-62)43-18-8-4-9-19-43/h42-51,53-55,63H,4-41H2,1-3H3. The maximum absolute atomic E-state index is 13.7. The molecule has 9 saturated carbocycles. The monoisotopic (exact) mass is 866 g/mol. The van der Waals surface area contributed by atoms with E-state index in [0.717, 1.165) is 66.2 Å². The molecule has 356 valence electrons. The summed E-state index contributed by atoms with van der Waals surface area (Å²) in [6, 6.07) is 2.80. The van der Waals surface area contributed by atoms with Crippen LogP contribution in [-0.4, -0.2) is 57.0 Å². The van der Waals surface area contributed by atoms with Gasteiger partial charge in [-0.05, 0) is 205 Å². The molecule has 9 aliphatic carbocycles. The molecule has 0 bridgehead atoms. The van der Waals surface area contributed by atoms with Crippen LogP contribution in [0, 0.1) is 69.5 Å². The van der Waals surface area contributed by atoms with Gasteiger partial charge in [0.2, 0.25) is 0 Å². The largest absolute Gasteiger partial charge is 0.388 e. The van der Waals surface area contributed by atoms with Crippen LogP contribution in [0.15, 0.2) is 5.10 Å². The lowest BCUT2D eigenvalue weighted by Gasteiger charge is -2.65. The molecule has 10 unspecified atom stereocenters. The minimum absolute atomic E-state index is 0.0841. The number of β-amino-alcohol motifs (C(OH)–C–C–N with tert-alkyl or cyclic N) is 1. The zero-order chi connectivity index (χ0) is 42.8. The smallest absolute Gasteiger partial charge is 0.0830 e. The highest BCUT2D eigenvalue weighted by molar-refractivity contribution is 5.88. The fourth-order valence-electron chi connectivity index (χ4n) is 20.4. The van der Waals surface area contributed by atoms with Crippen molar-refractivity contribution in [3.63, 3.8) is 0 Å². The molecule has 1 N–H and O–H groups in total. The number of hydrogen-bond donors (Lipinski definition) is 1. The van der Waals surface area contributed by atoms with Crippen molar-refractivity contribution in [1.29, 1.82) is 0 Å². The number of fused-ring (bicyclic) bond motifs is 5. The van der Waals surface area contributed by atoms with Crippen molar-refractivity contribution in [1.82, 2.24) is 9.91 Å². The molecule has 4 heteroatoms. The van der Waals surface area contributed by atoms with Crippen LogP contribution in [0.2, 0.25) is 0 Å². The van der Waals surface area contributed by atoms with E-state index in [9.17, 15) is 5.11 Å². The van der Waals surface area contributed by atoms with Crippen molar-refractivity contribution < 1.29 is 5.11 Å². The maximum Gasteiger partial charge on any atom is 0.0830 e. The minimum Gasteiger partial charge on any atom is -0.388 e. The van der Waals surface area contributed by atoms with Gasteiger partial charge in [-0.1, -0.05) is 111 Å². The fraction of sp³-hybridized carbons (Fsp3) is 0.983. The van der Waals surface area contributed by atoms with Gasteiger partial charge in [0.25, 0.3) is 0 Å². The van der Waals surface area contributed by atoms with Gasteiger partial charge >= 0.3 is 0 Å². The molecule has 0 aromatic carbocycles. The van der Waals surface area contributed by atoms with Crippen molar-refractivity contribution in [3.05, 3.63) is 0 Å². The van der Waals surface area contributed by atoms with Crippen molar-refractivity contribution in [3.8, 4) is 0 Å². The molecule has 0 radical (unpaired) electrons. The minimum atomic E-state index is -0.525. The van der Waals surface area contributed by atoms with Crippen LogP contribution in [0.4, 0.5) is 0 Å². The molecule has 4 nitrogen and oxygen atoms in total. The van der Waals surface area contributed by atoms with Gasteiger partial charge in [-0.2, -0.15) is 5.10 Å². The summed E-state index contributed by atoms with van der Waals surface area (Å²) < 4.78 is 0. The number of hydrazone groups is 1. The molecule has 2 aliphatic heterocycles. The Kier molecular flexibility index (Phi) is 13.1. The topological polar surface area (TPSA) is 39.1 Å². The summed E-state index contributed by atoms with van der Waals surface area (Å²) in [7, 11) is 0. The van der Waals surface area contributed by atoms with Crippen molar-refractivity contribution in [2.45, 2.75) is 288 Å². The first-order valence-corrected chi connectivity index (χ1v) is 29.5. The molecular formula is C59H99N3O. The summed E-state index contributed by atoms with van der Waals surface area (Å²) in [4.78, 5) is 3.20. The van der Waals surface area contributed by atoms with E-state index in [1.165, 1.54) is 231 Å². The Morgan fingerprint density at radius 1 is 0.476 bits per heavy atom. The van der Waals surface area contributed by atoms with Gasteiger partial charge in [0, 0.05) is 42.2 Å². The molecule has 2 heterocycles. The van der Waals surface area contributed by atoms with E-state index in [0.29, 0.717) is 35.0 Å². The van der Waals surface area contributed by atoms with Crippen molar-refractivity contribution in [2.75, 3.05) is 6.54 Å². The number of hydrogen-bond acceptors (Lipinski definition) is 4. The average molecular weight is 866 g/mol. The molecule has 0 spiro atoms. The number of aliphatic hydroxyl groups is 1. The Bertz CT molecular complexity index is 1530. The lowest BCUT2D eigenvalue weighted by Crippen LogP contribution is -2.64. The Morgan fingerprint density at radius 2 is 1.02 bits per heavy atom. The first-order valence-electron chi connectivity index (χ1n) is 29.5. The Morgan fingerprint density at radius 3 is 1.63 bits per heavy atom. The van der Waals surface area contributed by atoms with Gasteiger partial charge in [0.15, 0.2) is 0 Å². The van der Waals surface area contributed by atoms with E-state index in [2.05, 4.69) is 30.7 Å². The van der Waals surface area contributed by atoms with Crippen LogP contribution in [-0.2, 0) is 0 Å². The van der Waals surface area contributed by atoms with E-state index in [4.69, 9.17) is 5.10 Å². The quantitative estimate of drug-likeness (QED) is 0.264. The Labute approximate surface area is 388 Å². The molecule has 10 fully saturated rings. The number of rotatable bonds is 8.